The van der Waals surface area contributed by atoms with Gasteiger partial charge in [0.1, 0.15) is 0 Å². The van der Waals surface area contributed by atoms with Crippen molar-refractivity contribution in [3.05, 3.63) is 186 Å². The van der Waals surface area contributed by atoms with Gasteiger partial charge in [-0.05, 0) is 109 Å². The molecule has 0 radical (unpaired) electrons. The van der Waals surface area contributed by atoms with Crippen molar-refractivity contribution in [2.75, 3.05) is 16.5 Å². The molecule has 52 heavy (non-hydrogen) atoms. The predicted octanol–water partition coefficient (Wildman–Crippen LogP) is 12.9. The maximum atomic E-state index is 4.87. The fourth-order valence-corrected chi connectivity index (χ4v) is 7.66. The quantitative estimate of drug-likeness (QED) is 0.168. The van der Waals surface area contributed by atoms with Crippen molar-refractivity contribution in [2.24, 2.45) is 0 Å². The standard InChI is InChI=1S/C49H43N3/c1-33-27-34(2)29-42(28-33)48-46(39-21-19-38(20-22-39)43-30-35(3)49(50-31-43)41-13-8-6-9-14-41)17-12-18-47(48)40-23-25-45(26-24-40)52-32-51(36(4)37(52)5)44-15-10-7-11-16-44/h6-31H,32H2,1-5H3. The van der Waals surface area contributed by atoms with Gasteiger partial charge < -0.3 is 9.80 Å². The van der Waals surface area contributed by atoms with Crippen LogP contribution in [0, 0.1) is 20.8 Å². The van der Waals surface area contributed by atoms with Crippen LogP contribution >= 0.6 is 0 Å². The first-order valence-corrected chi connectivity index (χ1v) is 18.1. The summed E-state index contributed by atoms with van der Waals surface area (Å²) in [6.07, 6.45) is 2.00. The highest BCUT2D eigenvalue weighted by Crippen LogP contribution is 2.42. The number of aromatic nitrogens is 1. The monoisotopic (exact) mass is 673 g/mol. The van der Waals surface area contributed by atoms with Gasteiger partial charge in [0.05, 0.1) is 12.4 Å². The van der Waals surface area contributed by atoms with Gasteiger partial charge in [-0.15, -0.1) is 0 Å². The van der Waals surface area contributed by atoms with E-state index >= 15 is 0 Å². The van der Waals surface area contributed by atoms with Crippen LogP contribution in [-0.2, 0) is 0 Å². The summed E-state index contributed by atoms with van der Waals surface area (Å²) < 4.78 is 0. The summed E-state index contributed by atoms with van der Waals surface area (Å²) in [6.45, 7) is 11.8. The van der Waals surface area contributed by atoms with E-state index in [4.69, 9.17) is 4.98 Å². The number of hydrogen-bond acceptors (Lipinski definition) is 3. The normalized spacial score (nSPS) is 12.9. The fraction of sp³-hybridized carbons (Fsp3) is 0.122. The first-order valence-electron chi connectivity index (χ1n) is 18.1. The summed E-state index contributed by atoms with van der Waals surface area (Å²) in [4.78, 5) is 9.66. The lowest BCUT2D eigenvalue weighted by atomic mass is 9.86. The fourth-order valence-electron chi connectivity index (χ4n) is 7.66. The highest BCUT2D eigenvalue weighted by Gasteiger charge is 2.26. The van der Waals surface area contributed by atoms with E-state index in [9.17, 15) is 0 Å². The lowest BCUT2D eigenvalue weighted by Crippen LogP contribution is -2.26. The second-order valence-electron chi connectivity index (χ2n) is 14.0. The molecule has 2 heterocycles. The molecule has 3 nitrogen and oxygen atoms in total. The maximum Gasteiger partial charge on any atom is 0.0994 e. The summed E-state index contributed by atoms with van der Waals surface area (Å²) in [6, 6.07) is 55.0. The van der Waals surface area contributed by atoms with Crippen molar-refractivity contribution in [3.63, 3.8) is 0 Å². The third-order valence-corrected chi connectivity index (χ3v) is 10.4. The van der Waals surface area contributed by atoms with Gasteiger partial charge in [0, 0.05) is 40.1 Å². The van der Waals surface area contributed by atoms with E-state index in [-0.39, 0.29) is 0 Å². The third kappa shape index (κ3) is 6.31. The second kappa shape index (κ2) is 13.8. The first kappa shape index (κ1) is 33.0. The van der Waals surface area contributed by atoms with Crippen LogP contribution < -0.4 is 9.80 Å². The second-order valence-corrected chi connectivity index (χ2v) is 14.0. The Morgan fingerprint density at radius 1 is 0.423 bits per heavy atom. The Kier molecular flexibility index (Phi) is 8.78. The molecule has 8 rings (SSSR count). The maximum absolute atomic E-state index is 4.87. The molecule has 1 aliphatic heterocycles. The lowest BCUT2D eigenvalue weighted by molar-refractivity contribution is 0.938. The molecule has 254 valence electrons. The molecule has 0 N–H and O–H groups in total. The van der Waals surface area contributed by atoms with E-state index in [1.807, 2.05) is 12.3 Å². The molecule has 0 aliphatic carbocycles. The highest BCUT2D eigenvalue weighted by atomic mass is 15.4. The van der Waals surface area contributed by atoms with E-state index in [0.29, 0.717) is 0 Å². The Labute approximate surface area is 308 Å². The van der Waals surface area contributed by atoms with Gasteiger partial charge in [0.2, 0.25) is 0 Å². The summed E-state index contributed by atoms with van der Waals surface area (Å²) in [5, 5.41) is 0. The van der Waals surface area contributed by atoms with E-state index in [0.717, 1.165) is 29.1 Å². The van der Waals surface area contributed by atoms with Crippen molar-refractivity contribution < 1.29 is 0 Å². The van der Waals surface area contributed by atoms with Gasteiger partial charge in [-0.1, -0.05) is 132 Å². The van der Waals surface area contributed by atoms with Gasteiger partial charge in [0.15, 0.2) is 0 Å². The van der Waals surface area contributed by atoms with Gasteiger partial charge in [0.25, 0.3) is 0 Å². The molecule has 0 atom stereocenters. The number of allylic oxidation sites excluding steroid dienone is 2. The molecular weight excluding hydrogens is 631 g/mol. The molecule has 0 fully saturated rings. The molecule has 7 aromatic rings. The summed E-state index contributed by atoms with van der Waals surface area (Å²) in [5.74, 6) is 0. The number of aryl methyl sites for hydroxylation is 3. The lowest BCUT2D eigenvalue weighted by Gasteiger charge is -2.24. The molecule has 0 spiro atoms. The number of benzene rings is 6. The van der Waals surface area contributed by atoms with Crippen LogP contribution in [0.2, 0.25) is 0 Å². The Hall–Kier alpha value is -6.19. The van der Waals surface area contributed by atoms with Crippen molar-refractivity contribution >= 4 is 11.4 Å². The average Bonchev–Trinajstić information content (AvgIpc) is 3.48. The first-order chi connectivity index (χ1) is 25.3. The van der Waals surface area contributed by atoms with Gasteiger partial charge in [-0.3, -0.25) is 4.98 Å². The predicted molar refractivity (Wildman–Crippen MR) is 220 cm³/mol. The Morgan fingerprint density at radius 2 is 0.942 bits per heavy atom. The molecule has 3 heteroatoms. The van der Waals surface area contributed by atoms with Crippen LogP contribution in [0.25, 0.3) is 55.8 Å². The molecule has 0 amide bonds. The number of pyridine rings is 1. The van der Waals surface area contributed by atoms with E-state index in [2.05, 4.69) is 190 Å². The molecular formula is C49H43N3. The average molecular weight is 674 g/mol. The molecule has 0 bridgehead atoms. The number of rotatable bonds is 7. The Bertz CT molecular complexity index is 2390. The van der Waals surface area contributed by atoms with Crippen molar-refractivity contribution in [1.29, 1.82) is 0 Å². The van der Waals surface area contributed by atoms with Crippen LogP contribution in [0.3, 0.4) is 0 Å². The minimum atomic E-state index is 0.799. The zero-order valence-electron chi connectivity index (χ0n) is 30.6. The minimum absolute atomic E-state index is 0.799. The topological polar surface area (TPSA) is 19.4 Å². The van der Waals surface area contributed by atoms with Crippen molar-refractivity contribution in [3.8, 4) is 55.8 Å². The Morgan fingerprint density at radius 3 is 1.52 bits per heavy atom. The number of para-hydroxylation sites is 1. The zero-order chi connectivity index (χ0) is 35.8. The summed E-state index contributed by atoms with van der Waals surface area (Å²) in [5.41, 5.74) is 20.4. The molecule has 1 aliphatic rings. The molecule has 6 aromatic carbocycles. The minimum Gasteiger partial charge on any atom is -0.325 e. The van der Waals surface area contributed by atoms with Crippen LogP contribution in [0.5, 0.6) is 0 Å². The number of nitrogens with zero attached hydrogens (tertiary/aromatic N) is 3. The molecule has 0 saturated heterocycles. The smallest absolute Gasteiger partial charge is 0.0994 e. The Balaban J connectivity index is 1.15. The van der Waals surface area contributed by atoms with Crippen molar-refractivity contribution in [1.82, 2.24) is 4.98 Å². The summed E-state index contributed by atoms with van der Waals surface area (Å²) >= 11 is 0. The van der Waals surface area contributed by atoms with Crippen LogP contribution in [0.1, 0.15) is 30.5 Å². The SMILES string of the molecule is CC1=C(C)N(c2ccc(-c3cccc(-c4ccc(-c5cnc(-c6ccccc6)c(C)c5)cc4)c3-c3cc(C)cc(C)c3)cc2)CN1c1ccccc1. The van der Waals surface area contributed by atoms with E-state index in [1.165, 1.54) is 72.8 Å². The molecule has 0 unspecified atom stereocenters. The van der Waals surface area contributed by atoms with Gasteiger partial charge in [-0.2, -0.15) is 0 Å². The van der Waals surface area contributed by atoms with Crippen molar-refractivity contribution in [2.45, 2.75) is 34.6 Å². The number of hydrogen-bond donors (Lipinski definition) is 0. The molecule has 0 saturated carbocycles. The van der Waals surface area contributed by atoms with Gasteiger partial charge >= 0.3 is 0 Å². The van der Waals surface area contributed by atoms with Crippen LogP contribution in [0.4, 0.5) is 11.4 Å². The third-order valence-electron chi connectivity index (χ3n) is 10.4. The van der Waals surface area contributed by atoms with E-state index < -0.39 is 0 Å². The number of anilines is 2. The molecule has 1 aromatic heterocycles. The van der Waals surface area contributed by atoms with Crippen LogP contribution in [-0.4, -0.2) is 11.7 Å². The van der Waals surface area contributed by atoms with Crippen LogP contribution in [0.15, 0.2) is 169 Å². The summed E-state index contributed by atoms with van der Waals surface area (Å²) in [7, 11) is 0. The van der Waals surface area contributed by atoms with Gasteiger partial charge in [-0.25, -0.2) is 0 Å². The highest BCUT2D eigenvalue weighted by molar-refractivity contribution is 5.95. The largest absolute Gasteiger partial charge is 0.325 e. The van der Waals surface area contributed by atoms with E-state index in [1.54, 1.807) is 0 Å². The zero-order valence-corrected chi connectivity index (χ0v) is 30.6.